The van der Waals surface area contributed by atoms with Crippen molar-refractivity contribution >= 4 is 0 Å². The highest BCUT2D eigenvalue weighted by Crippen LogP contribution is 2.25. The van der Waals surface area contributed by atoms with Crippen LogP contribution in [0.1, 0.15) is 24.6 Å². The number of benzene rings is 1. The minimum absolute atomic E-state index is 0.231. The summed E-state index contributed by atoms with van der Waals surface area (Å²) in [6.07, 6.45) is 2.32. The van der Waals surface area contributed by atoms with Crippen molar-refractivity contribution in [3.05, 3.63) is 41.8 Å². The van der Waals surface area contributed by atoms with Gasteiger partial charge in [0, 0.05) is 11.6 Å². The van der Waals surface area contributed by atoms with Crippen molar-refractivity contribution in [3.63, 3.8) is 0 Å². The van der Waals surface area contributed by atoms with Crippen LogP contribution in [0.5, 0.6) is 0 Å². The van der Waals surface area contributed by atoms with Crippen LogP contribution in [-0.2, 0) is 0 Å². The normalized spacial score (nSPS) is 19.7. The molecule has 3 rings (SSSR count). The van der Waals surface area contributed by atoms with Crippen LogP contribution in [0, 0.1) is 5.82 Å². The van der Waals surface area contributed by atoms with Crippen LogP contribution < -0.4 is 5.32 Å². The summed E-state index contributed by atoms with van der Waals surface area (Å²) in [5, 5.41) is 10.7. The largest absolute Gasteiger partial charge is 0.309 e. The Morgan fingerprint density at radius 3 is 3.00 bits per heavy atom. The summed E-state index contributed by atoms with van der Waals surface area (Å²) in [5.41, 5.74) is 2.69. The Morgan fingerprint density at radius 1 is 1.29 bits per heavy atom. The van der Waals surface area contributed by atoms with Crippen LogP contribution in [0.15, 0.2) is 30.3 Å². The molecule has 0 radical (unpaired) electrons. The van der Waals surface area contributed by atoms with E-state index in [2.05, 4.69) is 15.5 Å². The maximum absolute atomic E-state index is 13.1. The molecule has 17 heavy (non-hydrogen) atoms. The van der Waals surface area contributed by atoms with E-state index >= 15 is 0 Å². The molecule has 2 N–H and O–H groups in total. The summed E-state index contributed by atoms with van der Waals surface area (Å²) in [7, 11) is 0. The fraction of sp³-hybridized carbons (Fsp3) is 0.308. The molecule has 0 amide bonds. The number of rotatable bonds is 2. The average molecular weight is 231 g/mol. The summed E-state index contributed by atoms with van der Waals surface area (Å²) in [4.78, 5) is 0. The summed E-state index contributed by atoms with van der Waals surface area (Å²) in [5.74, 6) is -0.231. The van der Waals surface area contributed by atoms with E-state index in [9.17, 15) is 4.39 Å². The first kappa shape index (κ1) is 10.5. The smallest absolute Gasteiger partial charge is 0.123 e. The van der Waals surface area contributed by atoms with Crippen LogP contribution >= 0.6 is 0 Å². The van der Waals surface area contributed by atoms with Gasteiger partial charge in [-0.15, -0.1) is 0 Å². The summed E-state index contributed by atoms with van der Waals surface area (Å²) >= 11 is 0. The first-order valence-corrected chi connectivity index (χ1v) is 5.87. The van der Waals surface area contributed by atoms with Crippen LogP contribution in [0.25, 0.3) is 11.3 Å². The molecular formula is C13H14FN3. The Bertz CT molecular complexity index is 515. The molecule has 1 saturated heterocycles. The highest BCUT2D eigenvalue weighted by atomic mass is 19.1. The maximum Gasteiger partial charge on any atom is 0.123 e. The van der Waals surface area contributed by atoms with Gasteiger partial charge in [-0.25, -0.2) is 4.39 Å². The minimum Gasteiger partial charge on any atom is -0.309 e. The van der Waals surface area contributed by atoms with Gasteiger partial charge in [-0.05, 0) is 37.6 Å². The van der Waals surface area contributed by atoms with Crippen LogP contribution in [-0.4, -0.2) is 16.7 Å². The number of halogens is 1. The molecule has 1 fully saturated rings. The summed E-state index contributed by atoms with van der Waals surface area (Å²) in [6, 6.07) is 8.87. The van der Waals surface area contributed by atoms with Crippen molar-refractivity contribution in [1.29, 1.82) is 0 Å². The molecule has 3 nitrogen and oxygen atoms in total. The number of aromatic nitrogens is 2. The van der Waals surface area contributed by atoms with Gasteiger partial charge in [0.25, 0.3) is 0 Å². The standard InChI is InChI=1S/C13H14FN3/c14-10-4-1-3-9(7-10)12-8-13(17-16-12)11-5-2-6-15-11/h1,3-4,7-8,11,15H,2,5-6H2,(H,16,17). The third-order valence-electron chi connectivity index (χ3n) is 3.15. The first-order chi connectivity index (χ1) is 8.33. The van der Waals surface area contributed by atoms with Crippen molar-refractivity contribution < 1.29 is 4.39 Å². The lowest BCUT2D eigenvalue weighted by Crippen LogP contribution is -2.12. The van der Waals surface area contributed by atoms with E-state index in [1.165, 1.54) is 18.6 Å². The third-order valence-corrected chi connectivity index (χ3v) is 3.15. The van der Waals surface area contributed by atoms with Gasteiger partial charge in [-0.2, -0.15) is 5.10 Å². The molecule has 1 aliphatic heterocycles. The van der Waals surface area contributed by atoms with Gasteiger partial charge in [-0.1, -0.05) is 12.1 Å². The molecule has 88 valence electrons. The molecule has 2 heterocycles. The van der Waals surface area contributed by atoms with E-state index in [1.54, 1.807) is 6.07 Å². The Hall–Kier alpha value is -1.68. The Labute approximate surface area is 99.1 Å². The van der Waals surface area contributed by atoms with Crippen LogP contribution in [0.4, 0.5) is 4.39 Å². The Morgan fingerprint density at radius 2 is 2.24 bits per heavy atom. The zero-order valence-corrected chi connectivity index (χ0v) is 9.41. The topological polar surface area (TPSA) is 40.7 Å². The monoisotopic (exact) mass is 231 g/mol. The van der Waals surface area contributed by atoms with Gasteiger partial charge >= 0.3 is 0 Å². The van der Waals surface area contributed by atoms with E-state index in [0.29, 0.717) is 6.04 Å². The fourth-order valence-electron chi connectivity index (χ4n) is 2.26. The molecule has 0 spiro atoms. The lowest BCUT2D eigenvalue weighted by molar-refractivity contribution is 0.625. The second-order valence-electron chi connectivity index (χ2n) is 4.37. The van der Waals surface area contributed by atoms with Crippen molar-refractivity contribution in [3.8, 4) is 11.3 Å². The highest BCUT2D eigenvalue weighted by Gasteiger charge is 2.18. The molecule has 1 atom stereocenters. The number of H-pyrrole nitrogens is 1. The average Bonchev–Trinajstić information content (AvgIpc) is 3.00. The van der Waals surface area contributed by atoms with Gasteiger partial charge in [0.2, 0.25) is 0 Å². The minimum atomic E-state index is -0.231. The summed E-state index contributed by atoms with van der Waals surface area (Å²) in [6.45, 7) is 1.05. The number of hydrogen-bond donors (Lipinski definition) is 2. The molecule has 1 aliphatic rings. The van der Waals surface area contributed by atoms with E-state index in [4.69, 9.17) is 0 Å². The highest BCUT2D eigenvalue weighted by molar-refractivity contribution is 5.59. The lowest BCUT2D eigenvalue weighted by atomic mass is 10.1. The molecule has 1 aromatic carbocycles. The predicted molar refractivity (Wildman–Crippen MR) is 64.0 cm³/mol. The van der Waals surface area contributed by atoms with E-state index in [0.717, 1.165) is 29.9 Å². The Kier molecular flexibility index (Phi) is 2.65. The SMILES string of the molecule is Fc1cccc(-c2cc(C3CCCN3)[nH]n2)c1. The molecule has 4 heteroatoms. The number of aromatic amines is 1. The molecule has 2 aromatic rings. The first-order valence-electron chi connectivity index (χ1n) is 5.87. The quantitative estimate of drug-likeness (QED) is 0.834. The van der Waals surface area contributed by atoms with Crippen molar-refractivity contribution in [2.45, 2.75) is 18.9 Å². The van der Waals surface area contributed by atoms with Gasteiger partial charge < -0.3 is 5.32 Å². The maximum atomic E-state index is 13.1. The summed E-state index contributed by atoms with van der Waals surface area (Å²) < 4.78 is 13.1. The Balaban J connectivity index is 1.89. The van der Waals surface area contributed by atoms with Crippen LogP contribution in [0.2, 0.25) is 0 Å². The fourth-order valence-corrected chi connectivity index (χ4v) is 2.26. The van der Waals surface area contributed by atoms with Crippen molar-refractivity contribution in [1.82, 2.24) is 15.5 Å². The number of hydrogen-bond acceptors (Lipinski definition) is 2. The van der Waals surface area contributed by atoms with Gasteiger partial charge in [0.1, 0.15) is 5.82 Å². The molecule has 0 bridgehead atoms. The van der Waals surface area contributed by atoms with Crippen molar-refractivity contribution in [2.24, 2.45) is 0 Å². The zero-order valence-electron chi connectivity index (χ0n) is 9.41. The predicted octanol–water partition coefficient (Wildman–Crippen LogP) is 2.64. The lowest BCUT2D eigenvalue weighted by Gasteiger charge is -2.05. The van der Waals surface area contributed by atoms with Crippen molar-refractivity contribution in [2.75, 3.05) is 6.54 Å². The molecule has 0 aliphatic carbocycles. The second kappa shape index (κ2) is 4.30. The number of nitrogens with zero attached hydrogens (tertiary/aromatic N) is 1. The van der Waals surface area contributed by atoms with Gasteiger partial charge in [0.05, 0.1) is 11.4 Å². The third kappa shape index (κ3) is 2.08. The molecule has 0 saturated carbocycles. The van der Waals surface area contributed by atoms with E-state index in [-0.39, 0.29) is 5.82 Å². The van der Waals surface area contributed by atoms with E-state index in [1.807, 2.05) is 12.1 Å². The van der Waals surface area contributed by atoms with E-state index < -0.39 is 0 Å². The molecular weight excluding hydrogens is 217 g/mol. The number of nitrogens with one attached hydrogen (secondary N) is 2. The second-order valence-corrected chi connectivity index (χ2v) is 4.37. The zero-order chi connectivity index (χ0) is 11.7. The molecule has 1 aromatic heterocycles. The molecule has 1 unspecified atom stereocenters. The van der Waals surface area contributed by atoms with Crippen LogP contribution in [0.3, 0.4) is 0 Å². The van der Waals surface area contributed by atoms with Gasteiger partial charge in [-0.3, -0.25) is 5.10 Å². The van der Waals surface area contributed by atoms with Gasteiger partial charge in [0.15, 0.2) is 0 Å².